The minimum absolute atomic E-state index is 0.0176. The van der Waals surface area contributed by atoms with E-state index in [1.54, 1.807) is 16.0 Å². The van der Waals surface area contributed by atoms with Crippen LogP contribution in [0.15, 0.2) is 30.0 Å². The first-order valence-electron chi connectivity index (χ1n) is 24.9. The van der Waals surface area contributed by atoms with E-state index in [0.717, 1.165) is 17.4 Å². The van der Waals surface area contributed by atoms with Crippen LogP contribution < -0.4 is 31.3 Å². The van der Waals surface area contributed by atoms with Gasteiger partial charge in [0.2, 0.25) is 6.80 Å². The van der Waals surface area contributed by atoms with Crippen LogP contribution in [0.25, 0.3) is 22.2 Å². The van der Waals surface area contributed by atoms with Gasteiger partial charge in [-0.3, -0.25) is 18.5 Å². The fraction of sp³-hybridized carbons (Fsp3) is 0.750. The second kappa shape index (κ2) is 24.6. The number of aromatic nitrogens is 7. The summed E-state index contributed by atoms with van der Waals surface area (Å²) in [6.45, 7) is 22.0. The third kappa shape index (κ3) is 13.4. The highest BCUT2D eigenvalue weighted by Crippen LogP contribution is 2.55. The normalized spacial score (nSPS) is 29.3. The monoisotopic (exact) mass is 1090 g/mol. The zero-order valence-electron chi connectivity index (χ0n) is 43.0. The first kappa shape index (κ1) is 58.0. The van der Waals surface area contributed by atoms with E-state index in [-0.39, 0.29) is 29.3 Å². The van der Waals surface area contributed by atoms with Crippen LogP contribution in [-0.4, -0.2) is 144 Å². The van der Waals surface area contributed by atoms with E-state index in [0.29, 0.717) is 24.4 Å². The number of nitrogens with zero attached hydrogens (tertiary/aromatic N) is 7. The lowest BCUT2D eigenvalue weighted by Gasteiger charge is -2.41. The molecule has 4 aliphatic heterocycles. The Morgan fingerprint density at radius 2 is 1.55 bits per heavy atom. The first-order valence-corrected chi connectivity index (χ1v) is 32.9. The lowest BCUT2D eigenvalue weighted by Crippen LogP contribution is -3.11. The van der Waals surface area contributed by atoms with Crippen LogP contribution in [0, 0.1) is 0 Å². The molecule has 4 aromatic heterocycles. The van der Waals surface area contributed by atoms with Crippen molar-refractivity contribution in [3.63, 3.8) is 0 Å². The zero-order valence-corrected chi connectivity index (χ0v) is 47.4. The Balaban J connectivity index is 0.000000517. The number of ether oxygens (including phenoxy) is 2. The number of aryl methyl sites for hydroxylation is 1. The topological polar surface area (TPSA) is 235 Å². The molecule has 0 radical (unpaired) electrons. The van der Waals surface area contributed by atoms with Gasteiger partial charge in [-0.1, -0.05) is 32.6 Å². The molecule has 4 aromatic rings. The number of fused-ring (bicyclic) bond motifs is 4. The molecule has 0 aliphatic carbocycles. The highest BCUT2D eigenvalue weighted by molar-refractivity contribution is 8.32. The SMILES string of the molecule is CC(C)(C)[Si](C)(C)O[C@H]1[C@H]2OP(=O)([S-])OC[C@H]3O[C@@H](n4cc5c6c(ncnc64)NCCC5)[C@H](F)[C@@H]3OP([O-])(=S)OC[C@H]1O[C@H]2n1cnc2c(=O)n(CCN)cnc21.CC[NH+](CC)CC.CC[NH+](CC)CC. The highest BCUT2D eigenvalue weighted by Gasteiger charge is 2.54. The summed E-state index contributed by atoms with van der Waals surface area (Å²) in [7, 11) is -2.70. The number of hydrogen-bond donors (Lipinski definition) is 4. The number of hydrogen-bond acceptors (Lipinski definition) is 18. The summed E-state index contributed by atoms with van der Waals surface area (Å²) in [5, 5.41) is 3.67. The summed E-state index contributed by atoms with van der Waals surface area (Å²) in [5.41, 5.74) is 6.69. The predicted molar refractivity (Wildman–Crippen MR) is 276 cm³/mol. The lowest BCUT2D eigenvalue weighted by atomic mass is 10.1. The molecule has 8 heterocycles. The predicted octanol–water partition coefficient (Wildman–Crippen LogP) is 2.80. The zero-order chi connectivity index (χ0) is 52.1. The van der Waals surface area contributed by atoms with Gasteiger partial charge < -0.3 is 74.6 Å². The van der Waals surface area contributed by atoms with Crippen molar-refractivity contribution in [2.45, 2.75) is 149 Å². The van der Waals surface area contributed by atoms with Crippen LogP contribution in [0.2, 0.25) is 18.1 Å². The number of halogens is 1. The molecule has 21 nitrogen and oxygen atoms in total. The fourth-order valence-electron chi connectivity index (χ4n) is 8.80. The second-order valence-electron chi connectivity index (χ2n) is 19.5. The van der Waals surface area contributed by atoms with Crippen LogP contribution in [0.4, 0.5) is 10.2 Å². The van der Waals surface area contributed by atoms with E-state index >= 15 is 4.39 Å². The summed E-state index contributed by atoms with van der Waals surface area (Å²) in [6, 6.07) is 0. The molecule has 2 unspecified atom stereocenters. The molecule has 400 valence electrons. The van der Waals surface area contributed by atoms with E-state index in [2.05, 4.69) is 66.8 Å². The molecule has 0 spiro atoms. The summed E-state index contributed by atoms with van der Waals surface area (Å²) in [6.07, 6.45) is -3.68. The Labute approximate surface area is 428 Å². The Hall–Kier alpha value is -2.29. The van der Waals surface area contributed by atoms with E-state index in [1.165, 1.54) is 72.0 Å². The van der Waals surface area contributed by atoms with Gasteiger partial charge in [0.25, 0.3) is 5.56 Å². The molecule has 0 aromatic carbocycles. The molecule has 71 heavy (non-hydrogen) atoms. The van der Waals surface area contributed by atoms with E-state index < -0.39 is 89.8 Å². The number of nitrogens with one attached hydrogen (secondary N) is 3. The van der Waals surface area contributed by atoms with Crippen molar-refractivity contribution >= 4 is 73.9 Å². The maximum Gasteiger partial charge on any atom is 0.281 e. The van der Waals surface area contributed by atoms with Gasteiger partial charge in [0.15, 0.2) is 38.1 Å². The highest BCUT2D eigenvalue weighted by atomic mass is 32.7. The average Bonchev–Trinajstić information content (AvgIpc) is 4.04. The Kier molecular flexibility index (Phi) is 20.1. The molecule has 10 atom stereocenters. The molecule has 3 saturated heterocycles. The molecule has 4 aliphatic rings. The van der Waals surface area contributed by atoms with Crippen LogP contribution in [-0.2, 0) is 73.6 Å². The van der Waals surface area contributed by atoms with Crippen molar-refractivity contribution in [3.05, 3.63) is 41.1 Å². The van der Waals surface area contributed by atoms with Gasteiger partial charge in [0.1, 0.15) is 61.4 Å². The molecule has 5 N–H and O–H groups in total. The molecule has 27 heteroatoms. The maximum absolute atomic E-state index is 16.7. The number of quaternary nitrogens is 2. The third-order valence-corrected chi connectivity index (χ3v) is 21.7. The average molecular weight is 1090 g/mol. The summed E-state index contributed by atoms with van der Waals surface area (Å²) < 4.78 is 78.4. The molecule has 2 bridgehead atoms. The van der Waals surface area contributed by atoms with Gasteiger partial charge in [0.05, 0.1) is 64.2 Å². The minimum atomic E-state index is -4.53. The van der Waals surface area contributed by atoms with Gasteiger partial charge in [-0.2, -0.15) is 0 Å². The quantitative estimate of drug-likeness (QED) is 0.0907. The summed E-state index contributed by atoms with van der Waals surface area (Å²) in [4.78, 5) is 48.2. The number of nitrogens with two attached hydrogens (primary N) is 1. The molecule has 0 saturated carbocycles. The van der Waals surface area contributed by atoms with Crippen molar-refractivity contribution in [2.24, 2.45) is 5.73 Å². The molecule has 3 fully saturated rings. The van der Waals surface area contributed by atoms with E-state index in [9.17, 15) is 14.3 Å². The van der Waals surface area contributed by atoms with Crippen molar-refractivity contribution in [1.82, 2.24) is 33.6 Å². The van der Waals surface area contributed by atoms with E-state index in [4.69, 9.17) is 61.8 Å². The standard InChI is InChI=1S/C32H46FN9O10P2S2Si.2C6H15N/c1-32(2,3)57(4,5)52-24-19-13-47-53(44,55)50-23-18(48-30(21(23)33)41-11-17-7-6-9-35-26-20(17)27(41)37-14-36-26)12-46-54(45,56)51-25(24)31(49-19)42-16-38-22-28(42)39-15-40(10-8-34)29(22)43;2*1-4-7(5-2)6-3/h11,14-16,18-19,21,23-25,30-31H,6-10,12-13,34H2,1-5H3,(H,44,55)(H,45,56)(H,35,36,37);2*4-6H2,1-3H3/t18-,19-,21-,23-,24-,25-,30-,31-,53?,54?;;/m1../s1. The first-order chi connectivity index (χ1) is 33.6. The smallest absolute Gasteiger partial charge is 0.281 e. The van der Waals surface area contributed by atoms with Crippen LogP contribution >= 0.6 is 13.5 Å². The Bertz CT molecular complexity index is 2530. The molecule has 0 amide bonds. The van der Waals surface area contributed by atoms with Crippen molar-refractivity contribution < 1.29 is 55.6 Å². The number of imidazole rings is 1. The van der Waals surface area contributed by atoms with Gasteiger partial charge in [-0.15, -0.1) is 0 Å². The maximum atomic E-state index is 16.7. The minimum Gasteiger partial charge on any atom is -0.780 e. The lowest BCUT2D eigenvalue weighted by molar-refractivity contribution is -0.894. The summed E-state index contributed by atoms with van der Waals surface area (Å²) >= 11 is 10.9. The van der Waals surface area contributed by atoms with Gasteiger partial charge in [-0.05, 0) is 78.1 Å². The van der Waals surface area contributed by atoms with Gasteiger partial charge in [0, 0.05) is 25.8 Å². The van der Waals surface area contributed by atoms with Crippen LogP contribution in [0.3, 0.4) is 0 Å². The molecular formula is C44H76FN11O10P2S2Si. The summed E-state index contributed by atoms with van der Waals surface area (Å²) in [5.74, 6) is 0.614. The fourth-order valence-corrected chi connectivity index (χ4v) is 12.9. The van der Waals surface area contributed by atoms with Gasteiger partial charge >= 0.3 is 0 Å². The van der Waals surface area contributed by atoms with E-state index in [1.807, 2.05) is 33.9 Å². The largest absolute Gasteiger partial charge is 0.780 e. The van der Waals surface area contributed by atoms with Crippen LogP contribution in [0.5, 0.6) is 0 Å². The third-order valence-electron chi connectivity index (χ3n) is 14.2. The van der Waals surface area contributed by atoms with Crippen molar-refractivity contribution in [2.75, 3.05) is 70.9 Å². The second-order valence-corrected chi connectivity index (χ2v) is 29.7. The Morgan fingerprint density at radius 1 is 0.915 bits per heavy atom. The van der Waals surface area contributed by atoms with Gasteiger partial charge in [-0.25, -0.2) is 24.3 Å². The molecular weight excluding hydrogens is 1020 g/mol. The van der Waals surface area contributed by atoms with Crippen molar-refractivity contribution in [3.8, 4) is 0 Å². The number of alkyl halides is 1. The number of anilines is 1. The number of rotatable bonds is 12. The van der Waals surface area contributed by atoms with Crippen molar-refractivity contribution in [1.29, 1.82) is 0 Å². The van der Waals surface area contributed by atoms with Crippen LogP contribution in [0.1, 0.15) is 86.8 Å². The Morgan fingerprint density at radius 3 is 2.15 bits per heavy atom. The molecule has 8 rings (SSSR count).